The smallest absolute Gasteiger partial charge is 0.209 e. The lowest BCUT2D eigenvalue weighted by molar-refractivity contribution is 0.682. The quantitative estimate of drug-likeness (QED) is 0.235. The summed E-state index contributed by atoms with van der Waals surface area (Å²) in [5.41, 5.74) is 7.13. The Balaban J connectivity index is 2.23. The lowest BCUT2D eigenvalue weighted by Crippen LogP contribution is -2.21. The van der Waals surface area contributed by atoms with Gasteiger partial charge in [-0.1, -0.05) is 82.1 Å². The van der Waals surface area contributed by atoms with E-state index >= 15 is 0 Å². The van der Waals surface area contributed by atoms with E-state index in [1.807, 2.05) is 0 Å². The molecule has 1 heterocycles. The maximum atomic E-state index is 13.2. The topological polar surface area (TPSA) is 22.0 Å². The molecule has 0 spiro atoms. The number of halogens is 2. The molecule has 0 N–H and O–H groups in total. The molecule has 1 aromatic heterocycles. The molecule has 0 fully saturated rings. The van der Waals surface area contributed by atoms with E-state index in [9.17, 15) is 4.79 Å². The molecule has 0 bridgehead atoms. The summed E-state index contributed by atoms with van der Waals surface area (Å²) < 4.78 is 3.97. The van der Waals surface area contributed by atoms with Gasteiger partial charge in [0.2, 0.25) is 5.43 Å². The first-order valence-corrected chi connectivity index (χ1v) is 13.0. The van der Waals surface area contributed by atoms with E-state index in [4.69, 9.17) is 0 Å². The number of aryl methyl sites for hydroxylation is 2. The summed E-state index contributed by atoms with van der Waals surface area (Å²) in [7, 11) is 0. The van der Waals surface area contributed by atoms with E-state index in [0.717, 1.165) is 68.3 Å². The van der Waals surface area contributed by atoms with Crippen LogP contribution in [0.15, 0.2) is 53.3 Å². The van der Waals surface area contributed by atoms with Crippen LogP contribution in [0.4, 0.5) is 0 Å². The van der Waals surface area contributed by atoms with Gasteiger partial charge in [0.1, 0.15) is 0 Å². The number of pyridine rings is 1. The van der Waals surface area contributed by atoms with Gasteiger partial charge in [-0.05, 0) is 86.7 Å². The van der Waals surface area contributed by atoms with E-state index in [2.05, 4.69) is 119 Å². The minimum absolute atomic E-state index is 0.129. The van der Waals surface area contributed by atoms with Crippen molar-refractivity contribution < 1.29 is 0 Å². The Labute approximate surface area is 207 Å². The van der Waals surface area contributed by atoms with Crippen molar-refractivity contribution in [2.45, 2.75) is 59.4 Å². The fourth-order valence-corrected chi connectivity index (χ4v) is 6.17. The SMILES string of the molecule is CCCc1ccc(-c2c(I)c(=O)c(I)c(-c3ccc(CCC)cc3)n2CCC)cc1. The van der Waals surface area contributed by atoms with Crippen LogP contribution in [0.2, 0.25) is 0 Å². The number of hydrogen-bond acceptors (Lipinski definition) is 1. The predicted molar refractivity (Wildman–Crippen MR) is 145 cm³/mol. The molecule has 0 saturated heterocycles. The van der Waals surface area contributed by atoms with Crippen LogP contribution in [-0.4, -0.2) is 4.57 Å². The number of benzene rings is 2. The van der Waals surface area contributed by atoms with Gasteiger partial charge in [-0.2, -0.15) is 0 Å². The highest BCUT2D eigenvalue weighted by atomic mass is 127. The zero-order valence-electron chi connectivity index (χ0n) is 18.0. The zero-order valence-corrected chi connectivity index (χ0v) is 22.3. The van der Waals surface area contributed by atoms with Gasteiger partial charge in [0, 0.05) is 6.54 Å². The molecule has 4 heteroatoms. The molecule has 3 rings (SSSR count). The normalized spacial score (nSPS) is 11.1. The van der Waals surface area contributed by atoms with Gasteiger partial charge < -0.3 is 4.57 Å². The first-order chi connectivity index (χ1) is 14.5. The molecule has 0 amide bonds. The Kier molecular flexibility index (Phi) is 8.57. The second kappa shape index (κ2) is 10.9. The average Bonchev–Trinajstić information content (AvgIpc) is 2.75. The van der Waals surface area contributed by atoms with Crippen LogP contribution in [-0.2, 0) is 19.4 Å². The second-order valence-electron chi connectivity index (χ2n) is 7.70. The molecular formula is C26H29I2NO. The molecule has 0 aliphatic heterocycles. The molecule has 0 saturated carbocycles. The summed E-state index contributed by atoms with van der Waals surface area (Å²) in [6.07, 6.45) is 5.46. The van der Waals surface area contributed by atoms with E-state index in [-0.39, 0.29) is 5.43 Å². The van der Waals surface area contributed by atoms with Crippen LogP contribution in [0, 0.1) is 7.14 Å². The van der Waals surface area contributed by atoms with Gasteiger partial charge >= 0.3 is 0 Å². The van der Waals surface area contributed by atoms with E-state index < -0.39 is 0 Å². The molecular weight excluding hydrogens is 596 g/mol. The summed E-state index contributed by atoms with van der Waals surface area (Å²) in [5.74, 6) is 0. The summed E-state index contributed by atoms with van der Waals surface area (Å²) in [6.45, 7) is 7.48. The summed E-state index contributed by atoms with van der Waals surface area (Å²) in [6, 6.07) is 17.5. The van der Waals surface area contributed by atoms with E-state index in [1.54, 1.807) is 0 Å². The predicted octanol–water partition coefficient (Wildman–Crippen LogP) is 7.71. The summed E-state index contributed by atoms with van der Waals surface area (Å²) >= 11 is 4.48. The summed E-state index contributed by atoms with van der Waals surface area (Å²) in [5, 5.41) is 0. The molecule has 158 valence electrons. The Morgan fingerprint density at radius 3 is 1.40 bits per heavy atom. The lowest BCUT2D eigenvalue weighted by Gasteiger charge is -2.22. The third-order valence-corrected chi connectivity index (χ3v) is 7.34. The van der Waals surface area contributed by atoms with Crippen molar-refractivity contribution in [2.75, 3.05) is 0 Å². The van der Waals surface area contributed by atoms with Gasteiger partial charge in [-0.25, -0.2) is 0 Å². The third kappa shape index (κ3) is 5.01. The Hall–Kier alpha value is -1.15. The zero-order chi connectivity index (χ0) is 21.7. The van der Waals surface area contributed by atoms with Gasteiger partial charge in [-0.3, -0.25) is 4.79 Å². The number of aromatic nitrogens is 1. The van der Waals surface area contributed by atoms with Crippen molar-refractivity contribution in [1.82, 2.24) is 4.57 Å². The Bertz CT molecular complexity index is 971. The Morgan fingerprint density at radius 1 is 0.667 bits per heavy atom. The molecule has 0 aliphatic carbocycles. The van der Waals surface area contributed by atoms with Gasteiger partial charge in [0.05, 0.1) is 18.5 Å². The van der Waals surface area contributed by atoms with Crippen LogP contribution in [0.3, 0.4) is 0 Å². The van der Waals surface area contributed by atoms with Crippen molar-refractivity contribution in [3.63, 3.8) is 0 Å². The van der Waals surface area contributed by atoms with Crippen molar-refractivity contribution in [2.24, 2.45) is 0 Å². The molecule has 3 aromatic rings. The van der Waals surface area contributed by atoms with Crippen molar-refractivity contribution in [3.8, 4) is 22.5 Å². The first kappa shape index (κ1) is 23.5. The molecule has 0 aliphatic rings. The summed E-state index contributed by atoms with van der Waals surface area (Å²) in [4.78, 5) is 13.2. The highest BCUT2D eigenvalue weighted by Crippen LogP contribution is 2.33. The molecule has 0 atom stereocenters. The minimum atomic E-state index is 0.129. The molecule has 0 unspecified atom stereocenters. The highest BCUT2D eigenvalue weighted by molar-refractivity contribution is 14.1. The van der Waals surface area contributed by atoms with Crippen molar-refractivity contribution >= 4 is 45.2 Å². The number of hydrogen-bond donors (Lipinski definition) is 0. The number of rotatable bonds is 8. The minimum Gasteiger partial charge on any atom is -0.339 e. The van der Waals surface area contributed by atoms with Crippen LogP contribution >= 0.6 is 45.2 Å². The monoisotopic (exact) mass is 625 g/mol. The third-order valence-electron chi connectivity index (χ3n) is 5.33. The fraction of sp³-hybridized carbons (Fsp3) is 0.346. The molecule has 2 aromatic carbocycles. The average molecular weight is 625 g/mol. The van der Waals surface area contributed by atoms with Crippen LogP contribution < -0.4 is 5.43 Å². The van der Waals surface area contributed by atoms with Crippen LogP contribution in [0.25, 0.3) is 22.5 Å². The highest BCUT2D eigenvalue weighted by Gasteiger charge is 2.21. The molecule has 30 heavy (non-hydrogen) atoms. The Morgan fingerprint density at radius 2 is 1.07 bits per heavy atom. The lowest BCUT2D eigenvalue weighted by atomic mass is 10.0. The second-order valence-corrected chi connectivity index (χ2v) is 9.86. The van der Waals surface area contributed by atoms with E-state index in [1.165, 1.54) is 11.1 Å². The largest absolute Gasteiger partial charge is 0.339 e. The van der Waals surface area contributed by atoms with E-state index in [0.29, 0.717) is 0 Å². The van der Waals surface area contributed by atoms with Crippen LogP contribution in [0.1, 0.15) is 51.2 Å². The fourth-order valence-electron chi connectivity index (χ4n) is 3.91. The van der Waals surface area contributed by atoms with Gasteiger partial charge in [-0.15, -0.1) is 0 Å². The standard InChI is InChI=1S/C26H29I2NO/c1-4-7-18-9-13-20(14-10-18)24-22(27)26(30)23(28)25(29(24)17-6-3)21-15-11-19(8-5-2)12-16-21/h9-16H,4-8,17H2,1-3H3. The maximum Gasteiger partial charge on any atom is 0.209 e. The van der Waals surface area contributed by atoms with Gasteiger partial charge in [0.25, 0.3) is 0 Å². The number of nitrogens with zero attached hydrogens (tertiary/aromatic N) is 1. The van der Waals surface area contributed by atoms with Crippen molar-refractivity contribution in [1.29, 1.82) is 0 Å². The van der Waals surface area contributed by atoms with Crippen LogP contribution in [0.5, 0.6) is 0 Å². The first-order valence-electron chi connectivity index (χ1n) is 10.8. The maximum absolute atomic E-state index is 13.2. The van der Waals surface area contributed by atoms with Gasteiger partial charge in [0.15, 0.2) is 0 Å². The molecule has 0 radical (unpaired) electrons. The molecule has 2 nitrogen and oxygen atoms in total. The van der Waals surface area contributed by atoms with Crippen molar-refractivity contribution in [3.05, 3.63) is 77.0 Å².